The summed E-state index contributed by atoms with van der Waals surface area (Å²) >= 11 is 0. The van der Waals surface area contributed by atoms with E-state index in [0.29, 0.717) is 6.04 Å². The molecule has 2 heteroatoms. The SMILES string of the molecule is C#CCC(C)NCc1cccn1CCC. The molecule has 0 saturated carbocycles. The molecule has 1 aromatic heterocycles. The number of terminal acetylenes is 1. The molecule has 0 fully saturated rings. The van der Waals surface area contributed by atoms with E-state index < -0.39 is 0 Å². The van der Waals surface area contributed by atoms with Crippen molar-refractivity contribution < 1.29 is 0 Å². The number of nitrogens with one attached hydrogen (secondary N) is 1. The predicted molar refractivity (Wildman–Crippen MR) is 64.5 cm³/mol. The van der Waals surface area contributed by atoms with E-state index in [1.807, 2.05) is 0 Å². The van der Waals surface area contributed by atoms with Gasteiger partial charge in [-0.3, -0.25) is 0 Å². The second-order valence-corrected chi connectivity index (χ2v) is 3.88. The zero-order chi connectivity index (χ0) is 11.1. The Morgan fingerprint density at radius 2 is 2.40 bits per heavy atom. The maximum absolute atomic E-state index is 5.26. The van der Waals surface area contributed by atoms with Crippen LogP contribution in [0.25, 0.3) is 0 Å². The molecule has 0 aliphatic rings. The van der Waals surface area contributed by atoms with Gasteiger partial charge in [0, 0.05) is 37.4 Å². The average Bonchev–Trinajstić information content (AvgIpc) is 2.64. The summed E-state index contributed by atoms with van der Waals surface area (Å²) < 4.78 is 2.29. The molecule has 0 amide bonds. The van der Waals surface area contributed by atoms with Gasteiger partial charge in [0.2, 0.25) is 0 Å². The van der Waals surface area contributed by atoms with Crippen molar-refractivity contribution in [2.24, 2.45) is 0 Å². The van der Waals surface area contributed by atoms with Gasteiger partial charge in [-0.05, 0) is 25.5 Å². The predicted octanol–water partition coefficient (Wildman–Crippen LogP) is 2.40. The smallest absolute Gasteiger partial charge is 0.0361 e. The van der Waals surface area contributed by atoms with Crippen molar-refractivity contribution in [3.8, 4) is 12.3 Å². The normalized spacial score (nSPS) is 12.3. The van der Waals surface area contributed by atoms with Gasteiger partial charge in [0.25, 0.3) is 0 Å². The van der Waals surface area contributed by atoms with Crippen LogP contribution in [-0.2, 0) is 13.1 Å². The lowest BCUT2D eigenvalue weighted by molar-refractivity contribution is 0.532. The van der Waals surface area contributed by atoms with E-state index in [-0.39, 0.29) is 0 Å². The van der Waals surface area contributed by atoms with Gasteiger partial charge >= 0.3 is 0 Å². The molecule has 1 unspecified atom stereocenters. The molecule has 15 heavy (non-hydrogen) atoms. The minimum absolute atomic E-state index is 0.389. The van der Waals surface area contributed by atoms with Crippen LogP contribution in [0.15, 0.2) is 18.3 Å². The van der Waals surface area contributed by atoms with Crippen LogP contribution in [0.4, 0.5) is 0 Å². The second kappa shape index (κ2) is 6.31. The van der Waals surface area contributed by atoms with E-state index in [2.05, 4.69) is 48.0 Å². The minimum Gasteiger partial charge on any atom is -0.350 e. The molecule has 0 aliphatic carbocycles. The fraction of sp³-hybridized carbons (Fsp3) is 0.538. The average molecular weight is 204 g/mol. The largest absolute Gasteiger partial charge is 0.350 e. The lowest BCUT2D eigenvalue weighted by atomic mass is 10.2. The quantitative estimate of drug-likeness (QED) is 0.704. The van der Waals surface area contributed by atoms with Crippen LogP contribution in [0.5, 0.6) is 0 Å². The van der Waals surface area contributed by atoms with E-state index in [0.717, 1.165) is 19.5 Å². The zero-order valence-electron chi connectivity index (χ0n) is 9.66. The van der Waals surface area contributed by atoms with E-state index in [9.17, 15) is 0 Å². The highest BCUT2D eigenvalue weighted by Crippen LogP contribution is 2.04. The Balaban J connectivity index is 2.43. The standard InChI is InChI=1S/C13H20N2/c1-4-7-12(3)14-11-13-8-6-10-15(13)9-5-2/h1,6,8,10,12,14H,5,7,9,11H2,2-3H3. The first-order valence-electron chi connectivity index (χ1n) is 5.58. The van der Waals surface area contributed by atoms with Crippen LogP contribution in [0.2, 0.25) is 0 Å². The van der Waals surface area contributed by atoms with Crippen molar-refractivity contribution in [1.82, 2.24) is 9.88 Å². The van der Waals surface area contributed by atoms with E-state index in [1.54, 1.807) is 0 Å². The first kappa shape index (κ1) is 11.9. The van der Waals surface area contributed by atoms with Crippen molar-refractivity contribution in [3.05, 3.63) is 24.0 Å². The van der Waals surface area contributed by atoms with Gasteiger partial charge in [-0.1, -0.05) is 6.92 Å². The third-order valence-corrected chi connectivity index (χ3v) is 2.44. The third-order valence-electron chi connectivity index (χ3n) is 2.44. The summed E-state index contributed by atoms with van der Waals surface area (Å²) in [6.45, 7) is 6.30. The van der Waals surface area contributed by atoms with Gasteiger partial charge < -0.3 is 9.88 Å². The van der Waals surface area contributed by atoms with E-state index in [1.165, 1.54) is 12.1 Å². The molecule has 1 atom stereocenters. The highest BCUT2D eigenvalue weighted by molar-refractivity contribution is 5.07. The van der Waals surface area contributed by atoms with E-state index in [4.69, 9.17) is 6.42 Å². The van der Waals surface area contributed by atoms with Crippen LogP contribution in [0.1, 0.15) is 32.4 Å². The second-order valence-electron chi connectivity index (χ2n) is 3.88. The maximum atomic E-state index is 5.26. The summed E-state index contributed by atoms with van der Waals surface area (Å²) in [5.74, 6) is 2.67. The molecule has 1 rings (SSSR count). The molecule has 0 spiro atoms. The van der Waals surface area contributed by atoms with Crippen molar-refractivity contribution in [1.29, 1.82) is 0 Å². The highest BCUT2D eigenvalue weighted by Gasteiger charge is 2.02. The molecule has 1 N–H and O–H groups in total. The zero-order valence-corrected chi connectivity index (χ0v) is 9.66. The molecule has 0 bridgehead atoms. The Hall–Kier alpha value is -1.20. The van der Waals surface area contributed by atoms with Crippen molar-refractivity contribution in [2.45, 2.75) is 45.8 Å². The number of hydrogen-bond donors (Lipinski definition) is 1. The molecule has 82 valence electrons. The molecule has 0 aromatic carbocycles. The minimum atomic E-state index is 0.389. The lowest BCUT2D eigenvalue weighted by Crippen LogP contribution is -2.26. The molecule has 0 saturated heterocycles. The molecular weight excluding hydrogens is 184 g/mol. The highest BCUT2D eigenvalue weighted by atomic mass is 15.0. The Morgan fingerprint density at radius 1 is 1.60 bits per heavy atom. The molecule has 0 radical (unpaired) electrons. The Labute approximate surface area is 92.7 Å². The fourth-order valence-corrected chi connectivity index (χ4v) is 1.60. The van der Waals surface area contributed by atoms with Gasteiger partial charge in [0.1, 0.15) is 0 Å². The van der Waals surface area contributed by atoms with Crippen molar-refractivity contribution in [3.63, 3.8) is 0 Å². The molecule has 1 aromatic rings. The van der Waals surface area contributed by atoms with Crippen LogP contribution >= 0.6 is 0 Å². The Kier molecular flexibility index (Phi) is 5.00. The molecule has 2 nitrogen and oxygen atoms in total. The van der Waals surface area contributed by atoms with Crippen molar-refractivity contribution >= 4 is 0 Å². The number of aromatic nitrogens is 1. The summed E-state index contributed by atoms with van der Waals surface area (Å²) in [5, 5.41) is 3.42. The monoisotopic (exact) mass is 204 g/mol. The maximum Gasteiger partial charge on any atom is 0.0361 e. The van der Waals surface area contributed by atoms with Gasteiger partial charge in [-0.2, -0.15) is 0 Å². The topological polar surface area (TPSA) is 17.0 Å². The lowest BCUT2D eigenvalue weighted by Gasteiger charge is -2.12. The summed E-state index contributed by atoms with van der Waals surface area (Å²) in [7, 11) is 0. The van der Waals surface area contributed by atoms with Gasteiger partial charge in [0.15, 0.2) is 0 Å². The molecule has 0 aliphatic heterocycles. The first-order chi connectivity index (χ1) is 7.27. The number of rotatable bonds is 6. The Bertz CT molecular complexity index is 320. The molecule has 1 heterocycles. The van der Waals surface area contributed by atoms with Gasteiger partial charge in [-0.25, -0.2) is 0 Å². The van der Waals surface area contributed by atoms with Crippen LogP contribution in [-0.4, -0.2) is 10.6 Å². The van der Waals surface area contributed by atoms with Gasteiger partial charge in [-0.15, -0.1) is 12.3 Å². The summed E-state index contributed by atoms with van der Waals surface area (Å²) in [6.07, 6.45) is 9.35. The van der Waals surface area contributed by atoms with Crippen molar-refractivity contribution in [2.75, 3.05) is 0 Å². The summed E-state index contributed by atoms with van der Waals surface area (Å²) in [5.41, 5.74) is 1.33. The van der Waals surface area contributed by atoms with Crippen LogP contribution in [0, 0.1) is 12.3 Å². The van der Waals surface area contributed by atoms with Crippen LogP contribution < -0.4 is 5.32 Å². The number of nitrogens with zero attached hydrogens (tertiary/aromatic N) is 1. The number of aryl methyl sites for hydroxylation is 1. The third kappa shape index (κ3) is 3.81. The summed E-state index contributed by atoms with van der Waals surface area (Å²) in [6, 6.07) is 4.64. The van der Waals surface area contributed by atoms with Crippen LogP contribution in [0.3, 0.4) is 0 Å². The Morgan fingerprint density at radius 3 is 3.07 bits per heavy atom. The summed E-state index contributed by atoms with van der Waals surface area (Å²) in [4.78, 5) is 0. The number of hydrogen-bond acceptors (Lipinski definition) is 1. The van der Waals surface area contributed by atoms with E-state index >= 15 is 0 Å². The van der Waals surface area contributed by atoms with Gasteiger partial charge in [0.05, 0.1) is 0 Å². The first-order valence-corrected chi connectivity index (χ1v) is 5.58. The molecular formula is C13H20N2. The fourth-order valence-electron chi connectivity index (χ4n) is 1.60.